The van der Waals surface area contributed by atoms with Gasteiger partial charge in [0.1, 0.15) is 5.75 Å². The topological polar surface area (TPSA) is 63.6 Å². The first-order valence-corrected chi connectivity index (χ1v) is 6.61. The molecule has 1 saturated heterocycles. The monoisotopic (exact) mass is 210 g/mol. The Bertz CT molecular complexity index is 242. The van der Waals surface area contributed by atoms with Crippen LogP contribution in [-0.2, 0) is 14.9 Å². The van der Waals surface area contributed by atoms with Gasteiger partial charge in [-0.25, -0.2) is 0 Å². The lowest BCUT2D eigenvalue weighted by Crippen LogP contribution is -2.43. The number of hydrogen-bond donors (Lipinski definition) is 1. The Morgan fingerprint density at radius 3 is 2.58 bits per heavy atom. The molecule has 0 spiro atoms. The van der Waals surface area contributed by atoms with E-state index in [-0.39, 0.29) is 5.75 Å². The van der Waals surface area contributed by atoms with Crippen LogP contribution in [0.3, 0.4) is 0 Å². The van der Waals surface area contributed by atoms with Crippen molar-refractivity contribution in [3.8, 4) is 0 Å². The summed E-state index contributed by atoms with van der Waals surface area (Å²) in [6.45, 7) is 0.624. The second kappa shape index (κ2) is 3.45. The maximum atomic E-state index is 10.6. The van der Waals surface area contributed by atoms with Gasteiger partial charge in [-0.2, -0.15) is 8.42 Å². The Kier molecular flexibility index (Phi) is 2.92. The highest BCUT2D eigenvalue weighted by Crippen LogP contribution is 2.22. The van der Waals surface area contributed by atoms with E-state index >= 15 is 0 Å². The van der Waals surface area contributed by atoms with E-state index in [9.17, 15) is 8.42 Å². The summed E-state index contributed by atoms with van der Waals surface area (Å²) in [6, 6.07) is 0. The average Bonchev–Trinajstić information content (AvgIpc) is 1.83. The molecule has 1 fully saturated rings. The molecule has 0 radical (unpaired) electrons. The Balaban J connectivity index is 2.59. The molecule has 6 heteroatoms. The molecule has 1 N–H and O–H groups in total. The Morgan fingerprint density at radius 2 is 2.17 bits per heavy atom. The van der Waals surface area contributed by atoms with E-state index < -0.39 is 15.3 Å². The van der Waals surface area contributed by atoms with Gasteiger partial charge in [-0.3, -0.25) is 4.55 Å². The van der Waals surface area contributed by atoms with E-state index in [1.165, 1.54) is 0 Å². The highest BCUT2D eigenvalue weighted by Gasteiger charge is 2.32. The second-order valence-corrected chi connectivity index (χ2v) is 6.76. The molecule has 1 unspecified atom stereocenters. The van der Waals surface area contributed by atoms with Crippen molar-refractivity contribution in [3.63, 3.8) is 0 Å². The van der Waals surface area contributed by atoms with Crippen LogP contribution in [0.25, 0.3) is 0 Å². The molecule has 0 aromatic heterocycles. The maximum absolute atomic E-state index is 10.6. The van der Waals surface area contributed by atoms with Crippen LogP contribution >= 0.6 is 0 Å². The molecule has 0 saturated carbocycles. The molecule has 1 heterocycles. The third-order valence-electron chi connectivity index (χ3n) is 2.04. The minimum atomic E-state index is -3.87. The molecule has 4 nitrogen and oxygen atoms in total. The summed E-state index contributed by atoms with van der Waals surface area (Å²) in [5, 5.41) is -0.536. The van der Waals surface area contributed by atoms with E-state index in [0.717, 1.165) is 19.3 Å². The number of rotatable bonds is 2. The van der Waals surface area contributed by atoms with Gasteiger partial charge in [-0.05, 0) is 19.3 Å². The van der Waals surface area contributed by atoms with Crippen molar-refractivity contribution >= 4 is 20.4 Å². The van der Waals surface area contributed by atoms with Gasteiger partial charge in [0, 0.05) is 16.8 Å². The summed E-state index contributed by atoms with van der Waals surface area (Å²) in [7, 11) is -3.22. The molecule has 72 valence electrons. The lowest BCUT2D eigenvalue weighted by atomic mass is 10.1. The Labute approximate surface area is 75.5 Å². The minimum absolute atomic E-state index is 0.230. The molecule has 1 rings (SSSR count). The highest BCUT2D eigenvalue weighted by atomic mass is 32.2. The van der Waals surface area contributed by atoms with Crippen molar-refractivity contribution in [1.29, 1.82) is 0 Å². The number of ether oxygens (including phenoxy) is 1. The van der Waals surface area contributed by atoms with Crippen LogP contribution in [0.5, 0.6) is 0 Å². The van der Waals surface area contributed by atoms with Gasteiger partial charge in [0.25, 0.3) is 10.1 Å². The zero-order valence-corrected chi connectivity index (χ0v) is 9.93. The Hall–Kier alpha value is 0.0869. The smallest absolute Gasteiger partial charge is 0.267 e. The first kappa shape index (κ1) is 10.2. The van der Waals surface area contributed by atoms with Crippen molar-refractivity contribution in [2.75, 3.05) is 12.4 Å². The van der Waals surface area contributed by atoms with Gasteiger partial charge in [-0.15, -0.1) is 0 Å². The van der Waals surface area contributed by atoms with Gasteiger partial charge >= 0.3 is 0 Å². The molecular weight excluding hydrogens is 196 g/mol. The van der Waals surface area contributed by atoms with Crippen LogP contribution < -0.4 is 0 Å². The summed E-state index contributed by atoms with van der Waals surface area (Å²) in [4.78, 5) is 0. The van der Waals surface area contributed by atoms with Gasteiger partial charge in [0.15, 0.2) is 0 Å². The fourth-order valence-corrected chi connectivity index (χ4v) is 4.14. The molecule has 0 aliphatic carbocycles. The van der Waals surface area contributed by atoms with Crippen LogP contribution in [0.15, 0.2) is 0 Å². The molecule has 0 amide bonds. The van der Waals surface area contributed by atoms with Crippen LogP contribution in [0.1, 0.15) is 19.3 Å². The number of hydrogen-bond acceptors (Lipinski definition) is 3. The van der Waals surface area contributed by atoms with E-state index in [2.05, 4.69) is 0 Å². The summed E-state index contributed by atoms with van der Waals surface area (Å²) in [5.41, 5.74) is 0. The van der Waals surface area contributed by atoms with Crippen LogP contribution in [0.4, 0.5) is 0 Å². The minimum Gasteiger partial charge on any atom is -0.378 e. The fourth-order valence-electron chi connectivity index (χ4n) is 1.49. The van der Waals surface area contributed by atoms with Crippen molar-refractivity contribution < 1.29 is 17.7 Å². The van der Waals surface area contributed by atoms with Crippen molar-refractivity contribution in [3.05, 3.63) is 0 Å². The summed E-state index contributed by atoms with van der Waals surface area (Å²) in [6.07, 6.45) is 2.76. The third-order valence-corrected chi connectivity index (χ3v) is 4.67. The lowest BCUT2D eigenvalue weighted by Gasteiger charge is -2.32. The van der Waals surface area contributed by atoms with Crippen LogP contribution in [0, 0.1) is 0 Å². The molecule has 1 atom stereocenters. The quantitative estimate of drug-likeness (QED) is 0.476. The van der Waals surface area contributed by atoms with Gasteiger partial charge in [0.2, 0.25) is 0 Å². The summed E-state index contributed by atoms with van der Waals surface area (Å²) >= 11 is 0. The molecule has 1 aliphatic rings. The average molecular weight is 210 g/mol. The van der Waals surface area contributed by atoms with E-state index in [0.29, 0.717) is 16.8 Å². The molecule has 12 heavy (non-hydrogen) atoms. The van der Waals surface area contributed by atoms with Gasteiger partial charge in [-0.1, -0.05) is 0 Å². The van der Waals surface area contributed by atoms with E-state index in [1.54, 1.807) is 0 Å². The van der Waals surface area contributed by atoms with Gasteiger partial charge in [0.05, 0.1) is 5.22 Å². The first-order chi connectivity index (χ1) is 5.41. The Morgan fingerprint density at radius 1 is 1.50 bits per heavy atom. The fraction of sp³-hybridized carbons (Fsp3) is 1.00. The highest BCUT2D eigenvalue weighted by molar-refractivity contribution is 7.85. The predicted molar refractivity (Wildman–Crippen MR) is 48.9 cm³/mol. The molecule has 1 aliphatic heterocycles. The predicted octanol–water partition coefficient (Wildman–Crippen LogP) is -0.864. The van der Waals surface area contributed by atoms with Crippen LogP contribution in [0.2, 0.25) is 0 Å². The van der Waals surface area contributed by atoms with Gasteiger partial charge < -0.3 is 4.74 Å². The van der Waals surface area contributed by atoms with E-state index in [1.807, 2.05) is 0 Å². The summed E-state index contributed by atoms with van der Waals surface area (Å²) < 4.78 is 35.2. The van der Waals surface area contributed by atoms with Crippen LogP contribution in [-0.4, -0.2) is 40.8 Å². The molecule has 0 aromatic carbocycles. The van der Waals surface area contributed by atoms with Crippen molar-refractivity contribution in [2.45, 2.75) is 24.5 Å². The normalized spacial score (nSPS) is 32.1. The molecular formula is C6H14O4SSi. The maximum Gasteiger partial charge on any atom is 0.267 e. The lowest BCUT2D eigenvalue weighted by molar-refractivity contribution is -0.00288. The zero-order chi connectivity index (χ0) is 9.24. The van der Waals surface area contributed by atoms with Crippen molar-refractivity contribution in [2.24, 2.45) is 0 Å². The molecule has 0 aromatic rings. The zero-order valence-electron chi connectivity index (χ0n) is 7.12. The first-order valence-electron chi connectivity index (χ1n) is 4.00. The standard InChI is InChI=1S/C6H14O4SSi/c7-11(8,9)5-6(12)3-1-2-4-10-6/h1-5H2,12H3,(H,7,8,9). The second-order valence-electron chi connectivity index (χ2n) is 3.48. The largest absolute Gasteiger partial charge is 0.378 e. The van der Waals surface area contributed by atoms with Crippen molar-refractivity contribution in [1.82, 2.24) is 0 Å². The van der Waals surface area contributed by atoms with E-state index in [4.69, 9.17) is 9.29 Å². The molecule has 0 bridgehead atoms. The third kappa shape index (κ3) is 3.22. The summed E-state index contributed by atoms with van der Waals surface area (Å²) in [5.74, 6) is -0.230. The SMILES string of the molecule is O=S(=O)(O)CC1([SiH3])CCCCO1.